The highest BCUT2D eigenvalue weighted by atomic mass is 35.5. The summed E-state index contributed by atoms with van der Waals surface area (Å²) in [6, 6.07) is 5.53. The number of hydrogen-bond donors (Lipinski definition) is 2. The van der Waals surface area contributed by atoms with E-state index < -0.39 is 0 Å². The summed E-state index contributed by atoms with van der Waals surface area (Å²) in [5, 5.41) is 0.728. The molecule has 0 spiro atoms. The van der Waals surface area contributed by atoms with Crippen molar-refractivity contribution < 1.29 is 4.79 Å². The second kappa shape index (κ2) is 5.26. The van der Waals surface area contributed by atoms with Crippen LogP contribution in [-0.2, 0) is 4.79 Å². The lowest BCUT2D eigenvalue weighted by molar-refractivity contribution is -0.122. The minimum atomic E-state index is -0.331. The van der Waals surface area contributed by atoms with Crippen LogP contribution in [0.2, 0.25) is 5.02 Å². The molecular formula is C15H22ClN3O. The molecule has 0 aliphatic carbocycles. The van der Waals surface area contributed by atoms with Crippen molar-refractivity contribution in [3.8, 4) is 0 Å². The second-order valence-corrected chi connectivity index (χ2v) is 6.61. The normalized spacial score (nSPS) is 22.1. The monoisotopic (exact) mass is 295 g/mol. The Bertz CT molecular complexity index is 530. The highest BCUT2D eigenvalue weighted by Gasteiger charge is 2.40. The molecule has 2 unspecified atom stereocenters. The van der Waals surface area contributed by atoms with Gasteiger partial charge in [0.05, 0.1) is 0 Å². The molecule has 5 heteroatoms. The van der Waals surface area contributed by atoms with Crippen LogP contribution in [0, 0.1) is 0 Å². The molecule has 0 saturated carbocycles. The number of hydrazine groups is 1. The van der Waals surface area contributed by atoms with E-state index >= 15 is 0 Å². The molecule has 2 atom stereocenters. The summed E-state index contributed by atoms with van der Waals surface area (Å²) in [5.74, 6) is 5.51. The lowest BCUT2D eigenvalue weighted by atomic mass is 9.79. The third-order valence-electron chi connectivity index (χ3n) is 4.15. The number of nitrogens with one attached hydrogen (secondary N) is 1. The predicted molar refractivity (Wildman–Crippen MR) is 82.8 cm³/mol. The Kier molecular flexibility index (Phi) is 3.98. The third-order valence-corrected chi connectivity index (χ3v) is 4.38. The number of anilines is 1. The smallest absolute Gasteiger partial charge is 0.256 e. The average molecular weight is 296 g/mol. The zero-order valence-corrected chi connectivity index (χ0v) is 13.2. The zero-order chi connectivity index (χ0) is 15.1. The summed E-state index contributed by atoms with van der Waals surface area (Å²) in [5.41, 5.74) is 4.38. The molecule has 20 heavy (non-hydrogen) atoms. The fourth-order valence-corrected chi connectivity index (χ4v) is 3.57. The standard InChI is InChI=1S/C15H22ClN3O/c1-9-8-15(3,4)19(10(2)14(20)18-17)13-6-5-11(16)7-12(9)13/h5-7,9-10H,8,17H2,1-4H3,(H,18,20). The first-order valence-corrected chi connectivity index (χ1v) is 7.25. The Balaban J connectivity index is 2.54. The van der Waals surface area contributed by atoms with Gasteiger partial charge in [-0.25, -0.2) is 5.84 Å². The van der Waals surface area contributed by atoms with Crippen molar-refractivity contribution in [2.24, 2.45) is 5.84 Å². The van der Waals surface area contributed by atoms with Crippen LogP contribution < -0.4 is 16.2 Å². The lowest BCUT2D eigenvalue weighted by Gasteiger charge is -2.49. The molecule has 1 aromatic carbocycles. The maximum Gasteiger partial charge on any atom is 0.256 e. The quantitative estimate of drug-likeness (QED) is 0.501. The molecule has 1 aliphatic rings. The summed E-state index contributed by atoms with van der Waals surface area (Å²) in [4.78, 5) is 14.1. The zero-order valence-electron chi connectivity index (χ0n) is 12.4. The Morgan fingerprint density at radius 3 is 2.80 bits per heavy atom. The number of carbonyl (C=O) groups excluding carboxylic acids is 1. The molecule has 1 aromatic rings. The van der Waals surface area contributed by atoms with E-state index in [4.69, 9.17) is 17.4 Å². The number of hydrogen-bond acceptors (Lipinski definition) is 3. The van der Waals surface area contributed by atoms with Crippen molar-refractivity contribution in [3.05, 3.63) is 28.8 Å². The van der Waals surface area contributed by atoms with Gasteiger partial charge in [-0.15, -0.1) is 0 Å². The van der Waals surface area contributed by atoms with E-state index in [0.717, 1.165) is 17.1 Å². The van der Waals surface area contributed by atoms with Gasteiger partial charge < -0.3 is 4.90 Å². The molecule has 110 valence electrons. The predicted octanol–water partition coefficient (Wildman–Crippen LogP) is 2.81. The first kappa shape index (κ1) is 15.1. The van der Waals surface area contributed by atoms with Gasteiger partial charge in [0, 0.05) is 16.2 Å². The summed E-state index contributed by atoms with van der Waals surface area (Å²) >= 11 is 6.11. The molecule has 0 saturated heterocycles. The van der Waals surface area contributed by atoms with E-state index in [0.29, 0.717) is 5.92 Å². The van der Waals surface area contributed by atoms with Crippen LogP contribution in [0.3, 0.4) is 0 Å². The minimum absolute atomic E-state index is 0.119. The number of carbonyl (C=O) groups is 1. The highest BCUT2D eigenvalue weighted by molar-refractivity contribution is 6.30. The van der Waals surface area contributed by atoms with Crippen LogP contribution in [0.1, 0.15) is 45.6 Å². The third kappa shape index (κ3) is 2.50. The van der Waals surface area contributed by atoms with Crippen LogP contribution in [0.4, 0.5) is 5.69 Å². The Hall–Kier alpha value is -1.26. The first-order valence-electron chi connectivity index (χ1n) is 6.87. The maximum atomic E-state index is 12.0. The number of nitrogens with two attached hydrogens (primary N) is 1. The summed E-state index contributed by atoms with van der Waals surface area (Å²) in [6.07, 6.45) is 0.961. The summed E-state index contributed by atoms with van der Waals surface area (Å²) < 4.78 is 0. The number of fused-ring (bicyclic) bond motifs is 1. The van der Waals surface area contributed by atoms with Gasteiger partial charge in [0.2, 0.25) is 0 Å². The van der Waals surface area contributed by atoms with E-state index in [1.165, 1.54) is 5.56 Å². The summed E-state index contributed by atoms with van der Waals surface area (Å²) in [7, 11) is 0. The molecule has 1 heterocycles. The van der Waals surface area contributed by atoms with E-state index in [9.17, 15) is 4.79 Å². The number of benzene rings is 1. The number of halogens is 1. The van der Waals surface area contributed by atoms with Crippen LogP contribution in [0.15, 0.2) is 18.2 Å². The van der Waals surface area contributed by atoms with Gasteiger partial charge in [0.1, 0.15) is 6.04 Å². The Morgan fingerprint density at radius 2 is 2.20 bits per heavy atom. The van der Waals surface area contributed by atoms with Gasteiger partial charge in [-0.3, -0.25) is 10.2 Å². The van der Waals surface area contributed by atoms with Crippen LogP contribution in [0.5, 0.6) is 0 Å². The molecule has 1 amide bonds. The molecule has 1 aliphatic heterocycles. The second-order valence-electron chi connectivity index (χ2n) is 6.18. The number of nitrogens with zero attached hydrogens (tertiary/aromatic N) is 1. The van der Waals surface area contributed by atoms with Crippen molar-refractivity contribution in [1.29, 1.82) is 0 Å². The number of rotatable bonds is 2. The minimum Gasteiger partial charge on any atom is -0.354 e. The largest absolute Gasteiger partial charge is 0.354 e. The van der Waals surface area contributed by atoms with Crippen LogP contribution in [-0.4, -0.2) is 17.5 Å². The topological polar surface area (TPSA) is 58.4 Å². The highest BCUT2D eigenvalue weighted by Crippen LogP contribution is 2.45. The molecule has 3 N–H and O–H groups in total. The molecule has 0 aromatic heterocycles. The fourth-order valence-electron chi connectivity index (χ4n) is 3.39. The Labute approximate surface area is 125 Å². The molecule has 0 fully saturated rings. The van der Waals surface area contributed by atoms with Gasteiger partial charge in [-0.2, -0.15) is 0 Å². The number of amides is 1. The SMILES string of the molecule is CC1CC(C)(C)N(C(C)C(=O)NN)c2ccc(Cl)cc21. The first-order chi connectivity index (χ1) is 9.27. The van der Waals surface area contributed by atoms with Crippen molar-refractivity contribution in [2.45, 2.75) is 51.6 Å². The van der Waals surface area contributed by atoms with E-state index in [-0.39, 0.29) is 17.5 Å². The van der Waals surface area contributed by atoms with Gasteiger partial charge in [0.25, 0.3) is 5.91 Å². The molecule has 0 radical (unpaired) electrons. The van der Waals surface area contributed by atoms with Gasteiger partial charge >= 0.3 is 0 Å². The Morgan fingerprint density at radius 1 is 1.55 bits per heavy atom. The van der Waals surface area contributed by atoms with E-state index in [1.807, 2.05) is 25.1 Å². The molecule has 4 nitrogen and oxygen atoms in total. The van der Waals surface area contributed by atoms with Crippen molar-refractivity contribution in [1.82, 2.24) is 5.43 Å². The van der Waals surface area contributed by atoms with E-state index in [1.54, 1.807) is 0 Å². The van der Waals surface area contributed by atoms with E-state index in [2.05, 4.69) is 31.1 Å². The molecule has 0 bridgehead atoms. The van der Waals surface area contributed by atoms with Crippen molar-refractivity contribution in [3.63, 3.8) is 0 Å². The average Bonchev–Trinajstić information content (AvgIpc) is 2.37. The van der Waals surface area contributed by atoms with Crippen LogP contribution in [0.25, 0.3) is 0 Å². The summed E-state index contributed by atoms with van der Waals surface area (Å²) in [6.45, 7) is 8.38. The van der Waals surface area contributed by atoms with Gasteiger partial charge in [-0.1, -0.05) is 18.5 Å². The fraction of sp³-hybridized carbons (Fsp3) is 0.533. The van der Waals surface area contributed by atoms with Crippen molar-refractivity contribution >= 4 is 23.2 Å². The lowest BCUT2D eigenvalue weighted by Crippen LogP contribution is -2.58. The van der Waals surface area contributed by atoms with Gasteiger partial charge in [0.15, 0.2) is 0 Å². The molecule has 2 rings (SSSR count). The van der Waals surface area contributed by atoms with Gasteiger partial charge in [-0.05, 0) is 56.9 Å². The van der Waals surface area contributed by atoms with Crippen molar-refractivity contribution in [2.75, 3.05) is 4.90 Å². The maximum absolute atomic E-state index is 12.0. The molecular weight excluding hydrogens is 274 g/mol. The van der Waals surface area contributed by atoms with Crippen LogP contribution >= 0.6 is 11.6 Å².